The van der Waals surface area contributed by atoms with Gasteiger partial charge in [-0.25, -0.2) is 4.98 Å². The summed E-state index contributed by atoms with van der Waals surface area (Å²) in [5.41, 5.74) is 3.62. The maximum atomic E-state index is 4.39. The van der Waals surface area contributed by atoms with Gasteiger partial charge in [0.25, 0.3) is 0 Å². The number of aryl methyl sites for hydroxylation is 2. The Kier molecular flexibility index (Phi) is 3.60. The normalized spacial score (nSPS) is 10.2. The first-order valence-electron chi connectivity index (χ1n) is 4.39. The fourth-order valence-electron chi connectivity index (χ4n) is 0.871. The Bertz CT molecular complexity index is 289. The number of thioether (sulfide) groups is 1. The van der Waals surface area contributed by atoms with E-state index in [1.165, 1.54) is 11.3 Å². The molecule has 0 aliphatic rings. The van der Waals surface area contributed by atoms with Crippen LogP contribution in [0.15, 0.2) is 16.8 Å². The van der Waals surface area contributed by atoms with Crippen LogP contribution >= 0.6 is 11.8 Å². The average Bonchev–Trinajstić information content (AvgIpc) is 2.30. The fourth-order valence-corrected chi connectivity index (χ4v) is 1.87. The van der Waals surface area contributed by atoms with Gasteiger partial charge in [0.2, 0.25) is 0 Å². The molecular formula is C10H16N2S. The van der Waals surface area contributed by atoms with Crippen molar-refractivity contribution in [1.82, 2.24) is 9.97 Å². The highest BCUT2D eigenvalue weighted by Gasteiger charge is 2.00. The molecule has 0 saturated carbocycles. The summed E-state index contributed by atoms with van der Waals surface area (Å²) in [5.74, 6) is 0.995. The van der Waals surface area contributed by atoms with Gasteiger partial charge >= 0.3 is 0 Å². The van der Waals surface area contributed by atoms with Crippen molar-refractivity contribution in [3.8, 4) is 0 Å². The monoisotopic (exact) mass is 196 g/mol. The number of imidazole rings is 1. The van der Waals surface area contributed by atoms with Crippen molar-refractivity contribution in [2.45, 2.75) is 32.9 Å². The largest absolute Gasteiger partial charge is 0.337 e. The first kappa shape index (κ1) is 10.4. The molecule has 72 valence electrons. The Morgan fingerprint density at radius 3 is 2.62 bits per heavy atom. The Labute approximate surface area is 83.8 Å². The lowest BCUT2D eigenvalue weighted by molar-refractivity contribution is 1.04. The summed E-state index contributed by atoms with van der Waals surface area (Å²) in [7, 11) is 0. The molecule has 0 radical (unpaired) electrons. The molecular weight excluding hydrogens is 180 g/mol. The molecule has 0 aromatic carbocycles. The van der Waals surface area contributed by atoms with Crippen LogP contribution in [0.4, 0.5) is 0 Å². The highest BCUT2D eigenvalue weighted by molar-refractivity contribution is 7.99. The van der Waals surface area contributed by atoms with Crippen molar-refractivity contribution in [2.75, 3.05) is 5.75 Å². The summed E-state index contributed by atoms with van der Waals surface area (Å²) in [6, 6.07) is 0. The van der Waals surface area contributed by atoms with E-state index >= 15 is 0 Å². The topological polar surface area (TPSA) is 28.7 Å². The number of hydrogen-bond acceptors (Lipinski definition) is 2. The molecule has 1 aromatic rings. The Morgan fingerprint density at radius 2 is 2.15 bits per heavy atom. The predicted molar refractivity (Wildman–Crippen MR) is 58.2 cm³/mol. The lowest BCUT2D eigenvalue weighted by Crippen LogP contribution is -1.78. The highest BCUT2D eigenvalue weighted by Crippen LogP contribution is 2.16. The van der Waals surface area contributed by atoms with E-state index in [2.05, 4.69) is 29.9 Å². The van der Waals surface area contributed by atoms with E-state index < -0.39 is 0 Å². The zero-order chi connectivity index (χ0) is 9.84. The average molecular weight is 196 g/mol. The van der Waals surface area contributed by atoms with Gasteiger partial charge in [0, 0.05) is 11.4 Å². The van der Waals surface area contributed by atoms with E-state index in [9.17, 15) is 0 Å². The molecule has 2 nitrogen and oxygen atoms in total. The lowest BCUT2D eigenvalue weighted by atomic mass is 10.3. The van der Waals surface area contributed by atoms with Gasteiger partial charge in [0.1, 0.15) is 0 Å². The van der Waals surface area contributed by atoms with Crippen LogP contribution in [0.3, 0.4) is 0 Å². The summed E-state index contributed by atoms with van der Waals surface area (Å²) in [5, 5.41) is 1.02. The van der Waals surface area contributed by atoms with Gasteiger partial charge in [-0.2, -0.15) is 0 Å². The van der Waals surface area contributed by atoms with Gasteiger partial charge < -0.3 is 4.98 Å². The summed E-state index contributed by atoms with van der Waals surface area (Å²) in [6.07, 6.45) is 2.21. The maximum Gasteiger partial charge on any atom is 0.166 e. The molecule has 0 aliphatic heterocycles. The predicted octanol–water partition coefficient (Wildman–Crippen LogP) is 3.08. The number of nitrogens with one attached hydrogen (secondary N) is 1. The summed E-state index contributed by atoms with van der Waals surface area (Å²) in [6.45, 7) is 8.29. The zero-order valence-electron chi connectivity index (χ0n) is 8.64. The first-order chi connectivity index (χ1) is 6.09. The molecule has 0 bridgehead atoms. The first-order valence-corrected chi connectivity index (χ1v) is 5.37. The van der Waals surface area contributed by atoms with Crippen molar-refractivity contribution in [3.63, 3.8) is 0 Å². The third kappa shape index (κ3) is 3.27. The minimum Gasteiger partial charge on any atom is -0.337 e. The molecule has 1 heterocycles. The lowest BCUT2D eigenvalue weighted by Gasteiger charge is -1.92. The van der Waals surface area contributed by atoms with E-state index in [0.717, 1.165) is 16.6 Å². The van der Waals surface area contributed by atoms with Crippen LogP contribution in [0, 0.1) is 13.8 Å². The van der Waals surface area contributed by atoms with Crippen LogP contribution in [-0.2, 0) is 0 Å². The number of allylic oxidation sites excluding steroid dienone is 1. The highest BCUT2D eigenvalue weighted by atomic mass is 32.2. The molecule has 0 aliphatic carbocycles. The molecule has 0 fully saturated rings. The molecule has 13 heavy (non-hydrogen) atoms. The Morgan fingerprint density at radius 1 is 1.46 bits per heavy atom. The SMILES string of the molecule is CC(C)=CCSc1nc(C)c(C)[nH]1. The third-order valence-corrected chi connectivity index (χ3v) is 2.62. The van der Waals surface area contributed by atoms with Gasteiger partial charge in [-0.3, -0.25) is 0 Å². The van der Waals surface area contributed by atoms with Crippen LogP contribution in [0.1, 0.15) is 25.2 Å². The second-order valence-electron chi connectivity index (χ2n) is 3.34. The molecule has 1 rings (SSSR count). The van der Waals surface area contributed by atoms with E-state index in [1.807, 2.05) is 13.8 Å². The molecule has 0 saturated heterocycles. The number of H-pyrrole nitrogens is 1. The minimum atomic E-state index is 0.995. The van der Waals surface area contributed by atoms with Crippen LogP contribution in [-0.4, -0.2) is 15.7 Å². The van der Waals surface area contributed by atoms with Gasteiger partial charge in [-0.1, -0.05) is 23.4 Å². The Hall–Kier alpha value is -0.700. The second kappa shape index (κ2) is 4.51. The quantitative estimate of drug-likeness (QED) is 0.594. The number of hydrogen-bond donors (Lipinski definition) is 1. The zero-order valence-corrected chi connectivity index (χ0v) is 9.46. The molecule has 0 spiro atoms. The smallest absolute Gasteiger partial charge is 0.166 e. The van der Waals surface area contributed by atoms with Crippen molar-refractivity contribution < 1.29 is 0 Å². The summed E-state index contributed by atoms with van der Waals surface area (Å²) in [4.78, 5) is 7.63. The number of rotatable bonds is 3. The van der Waals surface area contributed by atoms with E-state index in [-0.39, 0.29) is 0 Å². The summed E-state index contributed by atoms with van der Waals surface area (Å²) >= 11 is 1.74. The molecule has 3 heteroatoms. The maximum absolute atomic E-state index is 4.39. The number of nitrogens with zero attached hydrogens (tertiary/aromatic N) is 1. The molecule has 1 aromatic heterocycles. The third-order valence-electron chi connectivity index (χ3n) is 1.82. The van der Waals surface area contributed by atoms with Crippen molar-refractivity contribution in [3.05, 3.63) is 23.0 Å². The standard InChI is InChI=1S/C10H16N2S/c1-7(2)5-6-13-10-11-8(3)9(4)12-10/h5H,6H2,1-4H3,(H,11,12). The fraction of sp³-hybridized carbons (Fsp3) is 0.500. The minimum absolute atomic E-state index is 0.995. The van der Waals surface area contributed by atoms with Gasteiger partial charge in [0.05, 0.1) is 5.69 Å². The van der Waals surface area contributed by atoms with E-state index in [4.69, 9.17) is 0 Å². The number of aromatic nitrogens is 2. The van der Waals surface area contributed by atoms with Gasteiger partial charge in [-0.05, 0) is 27.7 Å². The van der Waals surface area contributed by atoms with Gasteiger partial charge in [0.15, 0.2) is 5.16 Å². The number of aromatic amines is 1. The Balaban J connectivity index is 2.51. The summed E-state index contributed by atoms with van der Waals surface area (Å²) < 4.78 is 0. The molecule has 1 N–H and O–H groups in total. The van der Waals surface area contributed by atoms with Crippen molar-refractivity contribution in [2.24, 2.45) is 0 Å². The van der Waals surface area contributed by atoms with Crippen LogP contribution in [0.2, 0.25) is 0 Å². The molecule has 0 unspecified atom stereocenters. The van der Waals surface area contributed by atoms with Crippen LogP contribution in [0.25, 0.3) is 0 Å². The molecule has 0 atom stereocenters. The van der Waals surface area contributed by atoms with Gasteiger partial charge in [-0.15, -0.1) is 0 Å². The second-order valence-corrected chi connectivity index (χ2v) is 4.35. The van der Waals surface area contributed by atoms with Crippen molar-refractivity contribution >= 4 is 11.8 Å². The van der Waals surface area contributed by atoms with E-state index in [1.54, 1.807) is 11.8 Å². The van der Waals surface area contributed by atoms with Crippen molar-refractivity contribution in [1.29, 1.82) is 0 Å². The van der Waals surface area contributed by atoms with Crippen LogP contribution in [0.5, 0.6) is 0 Å². The molecule has 0 amide bonds. The van der Waals surface area contributed by atoms with Crippen LogP contribution < -0.4 is 0 Å². The van der Waals surface area contributed by atoms with E-state index in [0.29, 0.717) is 0 Å².